The lowest BCUT2D eigenvalue weighted by Crippen LogP contribution is -2.40. The van der Waals surface area contributed by atoms with E-state index in [2.05, 4.69) is 10.3 Å². The molecule has 0 aliphatic carbocycles. The van der Waals surface area contributed by atoms with E-state index in [1.807, 2.05) is 12.1 Å². The first-order chi connectivity index (χ1) is 11.1. The molecule has 3 rings (SSSR count). The fourth-order valence-corrected chi connectivity index (χ4v) is 2.90. The maximum Gasteiger partial charge on any atom is 0.253 e. The van der Waals surface area contributed by atoms with E-state index in [0.717, 1.165) is 18.1 Å². The summed E-state index contributed by atoms with van der Waals surface area (Å²) in [7, 11) is 0. The van der Waals surface area contributed by atoms with Crippen LogP contribution in [0.5, 0.6) is 0 Å². The molecular weight excluding hydrogens is 319 g/mol. The van der Waals surface area contributed by atoms with Crippen molar-refractivity contribution in [3.05, 3.63) is 64.7 Å². The van der Waals surface area contributed by atoms with Gasteiger partial charge in [0.2, 0.25) is 0 Å². The van der Waals surface area contributed by atoms with Crippen LogP contribution in [0, 0.1) is 11.7 Å². The molecule has 2 aromatic rings. The highest BCUT2D eigenvalue weighted by Crippen LogP contribution is 2.21. The molecule has 1 aromatic carbocycles. The third-order valence-electron chi connectivity index (χ3n) is 3.94. The molecule has 1 N–H and O–H groups in total. The van der Waals surface area contributed by atoms with Crippen molar-refractivity contribution >= 4 is 17.5 Å². The van der Waals surface area contributed by atoms with Gasteiger partial charge in [-0.05, 0) is 42.3 Å². The van der Waals surface area contributed by atoms with Gasteiger partial charge in [0.1, 0.15) is 5.82 Å². The molecule has 0 spiro atoms. The molecular formula is C17H16ClFN2O2. The monoisotopic (exact) mass is 334 g/mol. The number of aromatic nitrogens is 1. The number of pyridine rings is 1. The van der Waals surface area contributed by atoms with E-state index in [0.29, 0.717) is 13.2 Å². The first-order valence-corrected chi connectivity index (χ1v) is 7.74. The molecule has 4 nitrogen and oxygen atoms in total. The molecule has 2 heterocycles. The number of rotatable bonds is 4. The number of amides is 1. The maximum absolute atomic E-state index is 13.3. The van der Waals surface area contributed by atoms with E-state index in [1.165, 1.54) is 12.1 Å². The molecule has 120 valence electrons. The quantitative estimate of drug-likeness (QED) is 0.935. The van der Waals surface area contributed by atoms with Gasteiger partial charge in [0.25, 0.3) is 5.91 Å². The number of nitrogens with one attached hydrogen (secondary N) is 1. The lowest BCUT2D eigenvalue weighted by molar-refractivity contribution is 0.0924. The molecule has 1 aromatic heterocycles. The number of nitrogens with zero attached hydrogens (tertiary/aromatic N) is 1. The minimum atomic E-state index is -0.490. The van der Waals surface area contributed by atoms with E-state index in [4.69, 9.17) is 16.3 Å². The average Bonchev–Trinajstić information content (AvgIpc) is 2.97. The first-order valence-electron chi connectivity index (χ1n) is 7.36. The summed E-state index contributed by atoms with van der Waals surface area (Å²) in [5.41, 5.74) is 1.28. The normalized spacial score (nSPS) is 20.4. The number of carbonyl (C=O) groups is 1. The molecule has 0 unspecified atom stereocenters. The predicted molar refractivity (Wildman–Crippen MR) is 84.9 cm³/mol. The Labute approximate surface area is 138 Å². The SMILES string of the molecule is O=C(N[C@@H]1COC[C@H]1Cc1ccncc1)c1cc(F)ccc1Cl. The van der Waals surface area contributed by atoms with Gasteiger partial charge in [-0.15, -0.1) is 0 Å². The zero-order chi connectivity index (χ0) is 16.2. The summed E-state index contributed by atoms with van der Waals surface area (Å²) in [5.74, 6) is -0.714. The topological polar surface area (TPSA) is 51.2 Å². The van der Waals surface area contributed by atoms with E-state index >= 15 is 0 Å². The van der Waals surface area contributed by atoms with Gasteiger partial charge in [-0.2, -0.15) is 0 Å². The summed E-state index contributed by atoms with van der Waals surface area (Å²) in [4.78, 5) is 16.3. The predicted octanol–water partition coefficient (Wildman–Crippen LogP) is 2.86. The van der Waals surface area contributed by atoms with Crippen molar-refractivity contribution in [2.24, 2.45) is 5.92 Å². The Hall–Kier alpha value is -1.98. The third kappa shape index (κ3) is 3.86. The van der Waals surface area contributed by atoms with Crippen LogP contribution in [0.3, 0.4) is 0 Å². The van der Waals surface area contributed by atoms with Gasteiger partial charge < -0.3 is 10.1 Å². The highest BCUT2D eigenvalue weighted by atomic mass is 35.5. The molecule has 1 aliphatic rings. The van der Waals surface area contributed by atoms with Crippen LogP contribution in [0.1, 0.15) is 15.9 Å². The Morgan fingerprint density at radius 3 is 2.87 bits per heavy atom. The van der Waals surface area contributed by atoms with E-state index in [-0.39, 0.29) is 28.5 Å². The van der Waals surface area contributed by atoms with Gasteiger partial charge in [-0.1, -0.05) is 11.6 Å². The van der Waals surface area contributed by atoms with Crippen molar-refractivity contribution in [2.45, 2.75) is 12.5 Å². The Balaban J connectivity index is 1.68. The highest BCUT2D eigenvalue weighted by molar-refractivity contribution is 6.33. The number of carbonyl (C=O) groups excluding carboxylic acids is 1. The Kier molecular flexibility index (Phi) is 4.88. The highest BCUT2D eigenvalue weighted by Gasteiger charge is 2.30. The largest absolute Gasteiger partial charge is 0.379 e. The summed E-state index contributed by atoms with van der Waals surface area (Å²) in [6.45, 7) is 1.01. The van der Waals surface area contributed by atoms with E-state index < -0.39 is 5.82 Å². The molecule has 0 bridgehead atoms. The Morgan fingerprint density at radius 2 is 2.09 bits per heavy atom. The molecule has 2 atom stereocenters. The third-order valence-corrected chi connectivity index (χ3v) is 4.26. The van der Waals surface area contributed by atoms with Crippen molar-refractivity contribution < 1.29 is 13.9 Å². The van der Waals surface area contributed by atoms with Crippen LogP contribution in [0.15, 0.2) is 42.7 Å². The van der Waals surface area contributed by atoms with Crippen LogP contribution in [-0.2, 0) is 11.2 Å². The number of hydrogen-bond acceptors (Lipinski definition) is 3. The summed E-state index contributed by atoms with van der Waals surface area (Å²) in [5, 5.41) is 3.13. The molecule has 0 radical (unpaired) electrons. The zero-order valence-electron chi connectivity index (χ0n) is 12.3. The molecule has 6 heteroatoms. The second-order valence-electron chi connectivity index (χ2n) is 5.56. The minimum absolute atomic E-state index is 0.130. The van der Waals surface area contributed by atoms with Crippen LogP contribution in [0.25, 0.3) is 0 Å². The summed E-state index contributed by atoms with van der Waals surface area (Å²) < 4.78 is 18.8. The summed E-state index contributed by atoms with van der Waals surface area (Å²) >= 11 is 5.98. The number of hydrogen-bond donors (Lipinski definition) is 1. The molecule has 1 saturated heterocycles. The van der Waals surface area contributed by atoms with Crippen molar-refractivity contribution in [1.82, 2.24) is 10.3 Å². The number of ether oxygens (including phenoxy) is 1. The van der Waals surface area contributed by atoms with Crippen LogP contribution in [0.4, 0.5) is 4.39 Å². The summed E-state index contributed by atoms with van der Waals surface area (Å²) in [6.07, 6.45) is 4.26. The van der Waals surface area contributed by atoms with Gasteiger partial charge in [0.15, 0.2) is 0 Å². The van der Waals surface area contributed by atoms with Crippen LogP contribution in [-0.4, -0.2) is 30.1 Å². The van der Waals surface area contributed by atoms with Crippen molar-refractivity contribution in [2.75, 3.05) is 13.2 Å². The fourth-order valence-electron chi connectivity index (χ4n) is 2.70. The summed E-state index contributed by atoms with van der Waals surface area (Å²) in [6, 6.07) is 7.51. The Bertz CT molecular complexity index is 696. The van der Waals surface area contributed by atoms with Crippen LogP contribution in [0.2, 0.25) is 5.02 Å². The maximum atomic E-state index is 13.3. The second-order valence-corrected chi connectivity index (χ2v) is 5.97. The van der Waals surface area contributed by atoms with Crippen molar-refractivity contribution in [1.29, 1.82) is 0 Å². The second kappa shape index (κ2) is 7.06. The number of benzene rings is 1. The number of halogens is 2. The molecule has 1 aliphatic heterocycles. The van der Waals surface area contributed by atoms with Gasteiger partial charge in [-0.25, -0.2) is 4.39 Å². The van der Waals surface area contributed by atoms with Gasteiger partial charge in [0, 0.05) is 18.3 Å². The lowest BCUT2D eigenvalue weighted by Gasteiger charge is -2.19. The van der Waals surface area contributed by atoms with E-state index in [1.54, 1.807) is 12.4 Å². The fraction of sp³-hybridized carbons (Fsp3) is 0.294. The molecule has 1 fully saturated rings. The van der Waals surface area contributed by atoms with Gasteiger partial charge in [0.05, 0.1) is 29.8 Å². The zero-order valence-corrected chi connectivity index (χ0v) is 13.1. The van der Waals surface area contributed by atoms with Crippen LogP contribution >= 0.6 is 11.6 Å². The van der Waals surface area contributed by atoms with Gasteiger partial charge in [-0.3, -0.25) is 9.78 Å². The first kappa shape index (κ1) is 15.9. The molecule has 0 saturated carbocycles. The lowest BCUT2D eigenvalue weighted by atomic mass is 9.95. The Morgan fingerprint density at radius 1 is 1.30 bits per heavy atom. The average molecular weight is 335 g/mol. The van der Waals surface area contributed by atoms with Crippen molar-refractivity contribution in [3.63, 3.8) is 0 Å². The van der Waals surface area contributed by atoms with Gasteiger partial charge >= 0.3 is 0 Å². The standard InChI is InChI=1S/C17H16ClFN2O2/c18-15-2-1-13(19)8-14(15)17(22)21-16-10-23-9-12(16)7-11-3-5-20-6-4-11/h1-6,8,12,16H,7,9-10H2,(H,21,22)/t12-,16-/m1/s1. The van der Waals surface area contributed by atoms with Crippen molar-refractivity contribution in [3.8, 4) is 0 Å². The minimum Gasteiger partial charge on any atom is -0.379 e. The van der Waals surface area contributed by atoms with E-state index in [9.17, 15) is 9.18 Å². The molecule has 1 amide bonds. The smallest absolute Gasteiger partial charge is 0.253 e. The van der Waals surface area contributed by atoms with Crippen LogP contribution < -0.4 is 5.32 Å². The molecule has 23 heavy (non-hydrogen) atoms.